The van der Waals surface area contributed by atoms with Crippen LogP contribution in [0.4, 0.5) is 29.1 Å². The van der Waals surface area contributed by atoms with Crippen molar-refractivity contribution in [3.63, 3.8) is 0 Å². The largest absolute Gasteiger partial charge is 0.419 e. The van der Waals surface area contributed by atoms with Gasteiger partial charge in [-0.2, -0.15) is 13.2 Å². The van der Waals surface area contributed by atoms with E-state index in [1.165, 1.54) is 23.3 Å². The van der Waals surface area contributed by atoms with Gasteiger partial charge in [-0.15, -0.1) is 0 Å². The Hall–Kier alpha value is -2.95. The van der Waals surface area contributed by atoms with Gasteiger partial charge in [-0.1, -0.05) is 0 Å². The van der Waals surface area contributed by atoms with Crippen LogP contribution in [0.5, 0.6) is 0 Å². The molecular weight excluding hydrogens is 378 g/mol. The zero-order valence-corrected chi connectivity index (χ0v) is 14.6. The van der Waals surface area contributed by atoms with Gasteiger partial charge < -0.3 is 20.9 Å². The van der Waals surface area contributed by atoms with Crippen LogP contribution < -0.4 is 16.4 Å². The van der Waals surface area contributed by atoms with E-state index in [4.69, 9.17) is 11.5 Å². The molecule has 28 heavy (non-hydrogen) atoms. The van der Waals surface area contributed by atoms with E-state index in [0.717, 1.165) is 6.07 Å². The summed E-state index contributed by atoms with van der Waals surface area (Å²) in [6.07, 6.45) is -1.69. The van der Waals surface area contributed by atoms with Gasteiger partial charge in [-0.25, -0.2) is 19.3 Å². The first kappa shape index (κ1) is 18.4. The Balaban J connectivity index is 1.87. The third-order valence-corrected chi connectivity index (χ3v) is 4.84. The Morgan fingerprint density at radius 3 is 2.64 bits per heavy atom. The van der Waals surface area contributed by atoms with Gasteiger partial charge in [0.25, 0.3) is 0 Å². The van der Waals surface area contributed by atoms with Gasteiger partial charge in [-0.3, -0.25) is 0 Å². The van der Waals surface area contributed by atoms with Crippen molar-refractivity contribution in [1.82, 2.24) is 19.5 Å². The van der Waals surface area contributed by atoms with Gasteiger partial charge in [0.15, 0.2) is 11.5 Å². The van der Waals surface area contributed by atoms with E-state index in [1.807, 2.05) is 0 Å². The number of nitrogen functional groups attached to an aromatic ring is 1. The third kappa shape index (κ3) is 3.11. The minimum atomic E-state index is -4.86. The van der Waals surface area contributed by atoms with E-state index >= 15 is 0 Å². The van der Waals surface area contributed by atoms with Crippen LogP contribution in [0.3, 0.4) is 0 Å². The van der Waals surface area contributed by atoms with Crippen molar-refractivity contribution in [1.29, 1.82) is 0 Å². The van der Waals surface area contributed by atoms with Gasteiger partial charge in [-0.05, 0) is 18.6 Å². The van der Waals surface area contributed by atoms with Crippen LogP contribution in [-0.4, -0.2) is 38.7 Å². The highest BCUT2D eigenvalue weighted by atomic mass is 19.4. The van der Waals surface area contributed by atoms with E-state index in [1.54, 1.807) is 4.90 Å². The number of fused-ring (bicyclic) bond motifs is 1. The van der Waals surface area contributed by atoms with Gasteiger partial charge in [0.1, 0.15) is 17.7 Å². The number of aromatic nitrogens is 4. The SMILES string of the molecule is Nc1ncnc2c1ncn2Cc1c(N2CCC(N)C2)ccc(F)c1C(F)(F)F. The summed E-state index contributed by atoms with van der Waals surface area (Å²) >= 11 is 0. The Morgan fingerprint density at radius 2 is 1.96 bits per heavy atom. The number of hydrogen-bond acceptors (Lipinski definition) is 6. The van der Waals surface area contributed by atoms with Crippen molar-refractivity contribution < 1.29 is 17.6 Å². The Morgan fingerprint density at radius 1 is 1.18 bits per heavy atom. The fraction of sp³-hybridized carbons (Fsp3) is 0.353. The predicted octanol–water partition coefficient (Wildman–Crippen LogP) is 2.15. The molecule has 148 valence electrons. The smallest absolute Gasteiger partial charge is 0.382 e. The summed E-state index contributed by atoms with van der Waals surface area (Å²) in [5.41, 5.74) is 11.0. The van der Waals surface area contributed by atoms with Crippen LogP contribution in [0.1, 0.15) is 17.5 Å². The maximum atomic E-state index is 14.3. The molecule has 0 bridgehead atoms. The molecule has 4 rings (SSSR count). The first-order valence-electron chi connectivity index (χ1n) is 8.56. The zero-order chi connectivity index (χ0) is 20.1. The molecule has 3 aromatic rings. The topological polar surface area (TPSA) is 98.9 Å². The van der Waals surface area contributed by atoms with Crippen molar-refractivity contribution >= 4 is 22.7 Å². The van der Waals surface area contributed by atoms with E-state index < -0.39 is 17.6 Å². The summed E-state index contributed by atoms with van der Waals surface area (Å²) in [5, 5.41) is 0. The summed E-state index contributed by atoms with van der Waals surface area (Å²) in [7, 11) is 0. The lowest BCUT2D eigenvalue weighted by atomic mass is 10.0. The van der Waals surface area contributed by atoms with E-state index in [0.29, 0.717) is 25.2 Å². The van der Waals surface area contributed by atoms with E-state index in [-0.39, 0.29) is 35.1 Å². The number of hydrogen-bond donors (Lipinski definition) is 2. The third-order valence-electron chi connectivity index (χ3n) is 4.84. The molecule has 1 aromatic carbocycles. The van der Waals surface area contributed by atoms with Crippen LogP contribution >= 0.6 is 0 Å². The van der Waals surface area contributed by atoms with Crippen molar-refractivity contribution in [2.75, 3.05) is 23.7 Å². The van der Waals surface area contributed by atoms with Crippen molar-refractivity contribution in [2.45, 2.75) is 25.2 Å². The van der Waals surface area contributed by atoms with Gasteiger partial charge in [0.05, 0.1) is 18.4 Å². The molecule has 11 heteroatoms. The first-order valence-corrected chi connectivity index (χ1v) is 8.56. The molecule has 1 aliphatic rings. The Kier molecular flexibility index (Phi) is 4.33. The molecule has 0 radical (unpaired) electrons. The van der Waals surface area contributed by atoms with Gasteiger partial charge >= 0.3 is 6.18 Å². The molecule has 1 unspecified atom stereocenters. The number of benzene rings is 1. The summed E-state index contributed by atoms with van der Waals surface area (Å²) in [5.74, 6) is -1.21. The fourth-order valence-corrected chi connectivity index (χ4v) is 3.56. The second-order valence-corrected chi connectivity index (χ2v) is 6.72. The number of halogens is 4. The lowest BCUT2D eigenvalue weighted by Gasteiger charge is -2.25. The minimum Gasteiger partial charge on any atom is -0.382 e. The highest BCUT2D eigenvalue weighted by molar-refractivity contribution is 5.81. The average Bonchev–Trinajstić information content (AvgIpc) is 3.22. The number of nitrogens with two attached hydrogens (primary N) is 2. The van der Waals surface area contributed by atoms with E-state index in [9.17, 15) is 17.6 Å². The lowest BCUT2D eigenvalue weighted by Crippen LogP contribution is -2.28. The average molecular weight is 395 g/mol. The predicted molar refractivity (Wildman–Crippen MR) is 95.0 cm³/mol. The molecule has 1 saturated heterocycles. The number of nitrogens with zero attached hydrogens (tertiary/aromatic N) is 5. The number of alkyl halides is 3. The van der Waals surface area contributed by atoms with Crippen molar-refractivity contribution in [3.05, 3.63) is 41.7 Å². The molecule has 0 spiro atoms. The molecular formula is C17H17F4N7. The molecule has 4 N–H and O–H groups in total. The van der Waals surface area contributed by atoms with Gasteiger partial charge in [0, 0.05) is 30.4 Å². The van der Waals surface area contributed by atoms with Crippen LogP contribution in [0.2, 0.25) is 0 Å². The normalized spacial score (nSPS) is 17.6. The number of rotatable bonds is 3. The molecule has 7 nitrogen and oxygen atoms in total. The Bertz CT molecular complexity index is 1030. The summed E-state index contributed by atoms with van der Waals surface area (Å²) in [6.45, 7) is 0.618. The van der Waals surface area contributed by atoms with Crippen LogP contribution in [-0.2, 0) is 12.7 Å². The monoisotopic (exact) mass is 395 g/mol. The standard InChI is InChI=1S/C17H17F4N7/c18-11-1-2-12(27-4-3-9(22)5-27)10(13(11)17(19,20)21)6-28-8-26-14-15(23)24-7-25-16(14)28/h1-2,7-9H,3-6,22H2,(H2,23,24,25). The highest BCUT2D eigenvalue weighted by Gasteiger charge is 2.39. The zero-order valence-electron chi connectivity index (χ0n) is 14.6. The summed E-state index contributed by atoms with van der Waals surface area (Å²) < 4.78 is 56.8. The molecule has 2 aromatic heterocycles. The molecule has 1 fully saturated rings. The number of imidazole rings is 1. The second-order valence-electron chi connectivity index (χ2n) is 6.72. The van der Waals surface area contributed by atoms with Gasteiger partial charge in [0.2, 0.25) is 0 Å². The maximum absolute atomic E-state index is 14.3. The number of anilines is 2. The molecule has 0 amide bonds. The molecule has 0 aliphatic carbocycles. The molecule has 1 atom stereocenters. The first-order chi connectivity index (χ1) is 13.3. The molecule has 3 heterocycles. The Labute approximate surface area is 157 Å². The molecule has 0 saturated carbocycles. The molecule has 1 aliphatic heterocycles. The van der Waals surface area contributed by atoms with Crippen LogP contribution in [0.25, 0.3) is 11.2 Å². The van der Waals surface area contributed by atoms with Crippen LogP contribution in [0.15, 0.2) is 24.8 Å². The second kappa shape index (κ2) is 6.59. The summed E-state index contributed by atoms with van der Waals surface area (Å²) in [4.78, 5) is 13.7. The summed E-state index contributed by atoms with van der Waals surface area (Å²) in [6, 6.07) is 2.06. The fourth-order valence-electron chi connectivity index (χ4n) is 3.56. The lowest BCUT2D eigenvalue weighted by molar-refractivity contribution is -0.140. The van der Waals surface area contributed by atoms with E-state index in [2.05, 4.69) is 15.0 Å². The van der Waals surface area contributed by atoms with Crippen molar-refractivity contribution in [2.24, 2.45) is 5.73 Å². The highest BCUT2D eigenvalue weighted by Crippen LogP contribution is 2.39. The quantitative estimate of drug-likeness (QED) is 0.660. The van der Waals surface area contributed by atoms with Crippen molar-refractivity contribution in [3.8, 4) is 0 Å². The minimum absolute atomic E-state index is 0.116. The maximum Gasteiger partial charge on any atom is 0.419 e. The van der Waals surface area contributed by atoms with Crippen LogP contribution in [0, 0.1) is 5.82 Å².